The third kappa shape index (κ3) is 1.72. The van der Waals surface area contributed by atoms with Crippen LogP contribution in [0.5, 0.6) is 0 Å². The van der Waals surface area contributed by atoms with E-state index < -0.39 is 20.6 Å². The Bertz CT molecular complexity index is 183. The number of alkyl halides is 2. The molecule has 0 N–H and O–H groups in total. The molecule has 1 rings (SSSR count). The zero-order valence-electron chi connectivity index (χ0n) is 4.55. The summed E-state index contributed by atoms with van der Waals surface area (Å²) < 4.78 is 21.4. The van der Waals surface area contributed by atoms with Gasteiger partial charge in [0.05, 0.1) is 22.3 Å². The normalized spacial score (nSPS) is 41.1. The van der Waals surface area contributed by atoms with Gasteiger partial charge in [0, 0.05) is 0 Å². The molecule has 1 saturated heterocycles. The molecule has 0 aliphatic carbocycles. The summed E-state index contributed by atoms with van der Waals surface area (Å²) in [5.41, 5.74) is 0. The van der Waals surface area contributed by atoms with Gasteiger partial charge in [0.25, 0.3) is 0 Å². The van der Waals surface area contributed by atoms with Crippen molar-refractivity contribution in [1.82, 2.24) is 0 Å². The van der Waals surface area contributed by atoms with Gasteiger partial charge in [-0.3, -0.25) is 0 Å². The first-order valence-electron chi connectivity index (χ1n) is 2.50. The lowest BCUT2D eigenvalue weighted by Crippen LogP contribution is -2.09. The van der Waals surface area contributed by atoms with Gasteiger partial charge < -0.3 is 0 Å². The molecule has 1 fully saturated rings. The van der Waals surface area contributed by atoms with Gasteiger partial charge in [-0.05, 0) is 0 Å². The SMILES string of the molecule is O=S1(=O)CC(Cl)C(Cl)C1. The minimum Gasteiger partial charge on any atom is -0.229 e. The molecule has 0 amide bonds. The fraction of sp³-hybridized carbons (Fsp3) is 1.00. The summed E-state index contributed by atoms with van der Waals surface area (Å²) in [6.07, 6.45) is 0. The van der Waals surface area contributed by atoms with Crippen molar-refractivity contribution >= 4 is 33.0 Å². The number of rotatable bonds is 0. The Labute approximate surface area is 64.1 Å². The van der Waals surface area contributed by atoms with Crippen LogP contribution in [0.1, 0.15) is 0 Å². The van der Waals surface area contributed by atoms with E-state index in [9.17, 15) is 8.42 Å². The smallest absolute Gasteiger partial charge is 0.153 e. The second-order valence-electron chi connectivity index (χ2n) is 2.11. The van der Waals surface area contributed by atoms with Gasteiger partial charge in [0.2, 0.25) is 0 Å². The molecule has 5 heteroatoms. The van der Waals surface area contributed by atoms with E-state index in [-0.39, 0.29) is 11.5 Å². The van der Waals surface area contributed by atoms with E-state index in [2.05, 4.69) is 0 Å². The van der Waals surface area contributed by atoms with Crippen molar-refractivity contribution in [2.24, 2.45) is 0 Å². The van der Waals surface area contributed by atoms with Crippen LogP contribution in [0.25, 0.3) is 0 Å². The summed E-state index contributed by atoms with van der Waals surface area (Å²) in [7, 11) is -2.91. The van der Waals surface area contributed by atoms with Gasteiger partial charge in [0.15, 0.2) is 9.84 Å². The predicted octanol–water partition coefficient (Wildman–Crippen LogP) is 0.630. The molecule has 2 atom stereocenters. The molecule has 2 unspecified atom stereocenters. The zero-order chi connectivity index (χ0) is 7.07. The van der Waals surface area contributed by atoms with Crippen LogP contribution in [0.3, 0.4) is 0 Å². The van der Waals surface area contributed by atoms with E-state index in [1.165, 1.54) is 0 Å². The second-order valence-corrected chi connectivity index (χ2v) is 5.38. The molecule has 2 nitrogen and oxygen atoms in total. The molecule has 0 saturated carbocycles. The molecule has 0 spiro atoms. The first-order valence-corrected chi connectivity index (χ1v) is 5.19. The van der Waals surface area contributed by atoms with Crippen LogP contribution in [-0.4, -0.2) is 30.7 Å². The fourth-order valence-corrected chi connectivity index (χ4v) is 3.87. The first-order chi connectivity index (χ1) is 4.01. The molecule has 0 aromatic carbocycles. The summed E-state index contributed by atoms with van der Waals surface area (Å²) in [5.74, 6) is 0.0610. The number of sulfone groups is 1. The standard InChI is InChI=1S/C4H6Cl2O2S/c5-3-1-9(7,8)2-4(3)6/h3-4H,1-2H2. The molecule has 1 aliphatic rings. The van der Waals surface area contributed by atoms with Crippen molar-refractivity contribution in [3.63, 3.8) is 0 Å². The second kappa shape index (κ2) is 2.29. The van der Waals surface area contributed by atoms with E-state index in [4.69, 9.17) is 23.2 Å². The summed E-state index contributed by atoms with van der Waals surface area (Å²) >= 11 is 11.1. The van der Waals surface area contributed by atoms with Gasteiger partial charge in [0.1, 0.15) is 0 Å². The molecule has 9 heavy (non-hydrogen) atoms. The number of hydrogen-bond donors (Lipinski definition) is 0. The maximum absolute atomic E-state index is 10.7. The van der Waals surface area contributed by atoms with Gasteiger partial charge >= 0.3 is 0 Å². The van der Waals surface area contributed by atoms with Crippen LogP contribution >= 0.6 is 23.2 Å². The Morgan fingerprint density at radius 2 is 1.44 bits per heavy atom. The molecule has 54 valence electrons. The van der Waals surface area contributed by atoms with Crippen LogP contribution in [0.2, 0.25) is 0 Å². The predicted molar refractivity (Wildman–Crippen MR) is 37.9 cm³/mol. The molecule has 0 bridgehead atoms. The summed E-state index contributed by atoms with van der Waals surface area (Å²) in [4.78, 5) is 0. The van der Waals surface area contributed by atoms with Crippen LogP contribution in [-0.2, 0) is 9.84 Å². The van der Waals surface area contributed by atoms with Crippen molar-refractivity contribution in [3.8, 4) is 0 Å². The Kier molecular flexibility index (Phi) is 1.94. The van der Waals surface area contributed by atoms with Gasteiger partial charge in [-0.2, -0.15) is 0 Å². The molecule has 0 aromatic rings. The Morgan fingerprint density at radius 1 is 1.11 bits per heavy atom. The quantitative estimate of drug-likeness (QED) is 0.523. The summed E-state index contributed by atoms with van der Waals surface area (Å²) in [6.45, 7) is 0. The third-order valence-corrected chi connectivity index (χ3v) is 4.36. The highest BCUT2D eigenvalue weighted by molar-refractivity contribution is 7.91. The average molecular weight is 189 g/mol. The van der Waals surface area contributed by atoms with Gasteiger partial charge in [-0.15, -0.1) is 23.2 Å². The van der Waals surface area contributed by atoms with Crippen molar-refractivity contribution in [2.45, 2.75) is 10.8 Å². The topological polar surface area (TPSA) is 34.1 Å². The molecular formula is C4H6Cl2O2S. The molecule has 0 radical (unpaired) electrons. The highest BCUT2D eigenvalue weighted by Crippen LogP contribution is 2.22. The Hall–Kier alpha value is 0.530. The van der Waals surface area contributed by atoms with Crippen LogP contribution in [0, 0.1) is 0 Å². The average Bonchev–Trinajstić information content (AvgIpc) is 1.79. The minimum absolute atomic E-state index is 0.0305. The van der Waals surface area contributed by atoms with E-state index in [0.29, 0.717) is 0 Å². The Morgan fingerprint density at radius 3 is 1.56 bits per heavy atom. The highest BCUT2D eigenvalue weighted by atomic mass is 35.5. The maximum atomic E-state index is 10.7. The van der Waals surface area contributed by atoms with E-state index in [1.807, 2.05) is 0 Å². The molecular weight excluding hydrogens is 183 g/mol. The largest absolute Gasteiger partial charge is 0.229 e. The van der Waals surface area contributed by atoms with E-state index in [1.54, 1.807) is 0 Å². The van der Waals surface area contributed by atoms with Crippen LogP contribution in [0.15, 0.2) is 0 Å². The molecule has 1 aliphatic heterocycles. The number of hydrogen-bond acceptors (Lipinski definition) is 2. The van der Waals surface area contributed by atoms with Crippen molar-refractivity contribution in [3.05, 3.63) is 0 Å². The van der Waals surface area contributed by atoms with E-state index in [0.717, 1.165) is 0 Å². The fourth-order valence-electron chi connectivity index (χ4n) is 0.762. The van der Waals surface area contributed by atoms with Crippen molar-refractivity contribution < 1.29 is 8.42 Å². The zero-order valence-corrected chi connectivity index (χ0v) is 6.88. The van der Waals surface area contributed by atoms with Gasteiger partial charge in [-0.1, -0.05) is 0 Å². The monoisotopic (exact) mass is 188 g/mol. The lowest BCUT2D eigenvalue weighted by Gasteiger charge is -1.97. The Balaban J connectivity index is 2.77. The lowest BCUT2D eigenvalue weighted by molar-refractivity contribution is 0.602. The van der Waals surface area contributed by atoms with Crippen LogP contribution in [0.4, 0.5) is 0 Å². The van der Waals surface area contributed by atoms with Crippen molar-refractivity contribution in [1.29, 1.82) is 0 Å². The molecule has 1 heterocycles. The molecule has 0 aromatic heterocycles. The van der Waals surface area contributed by atoms with Crippen LogP contribution < -0.4 is 0 Å². The third-order valence-electron chi connectivity index (χ3n) is 1.22. The highest BCUT2D eigenvalue weighted by Gasteiger charge is 2.34. The summed E-state index contributed by atoms with van der Waals surface area (Å²) in [5, 5.41) is -0.784. The van der Waals surface area contributed by atoms with E-state index >= 15 is 0 Å². The summed E-state index contributed by atoms with van der Waals surface area (Å²) in [6, 6.07) is 0. The lowest BCUT2D eigenvalue weighted by atomic mass is 10.4. The maximum Gasteiger partial charge on any atom is 0.153 e. The minimum atomic E-state index is -2.91. The van der Waals surface area contributed by atoms with Crippen molar-refractivity contribution in [2.75, 3.05) is 11.5 Å². The number of halogens is 2. The van der Waals surface area contributed by atoms with Gasteiger partial charge in [-0.25, -0.2) is 8.42 Å². The first kappa shape index (κ1) is 7.63.